The first kappa shape index (κ1) is 17.2. The first-order valence-corrected chi connectivity index (χ1v) is 8.09. The van der Waals surface area contributed by atoms with Crippen LogP contribution in [0.1, 0.15) is 58.9 Å². The second kappa shape index (κ2) is 6.34. The minimum atomic E-state index is -0.793. The molecule has 2 aliphatic rings. The quantitative estimate of drug-likeness (QED) is 0.589. The van der Waals surface area contributed by atoms with Crippen molar-refractivity contribution in [3.05, 3.63) is 32.7 Å². The minimum absolute atomic E-state index is 0.201. The van der Waals surface area contributed by atoms with Crippen molar-refractivity contribution in [1.82, 2.24) is 4.57 Å². The molecular weight excluding hydrogens is 330 g/mol. The molecule has 0 saturated heterocycles. The zero-order chi connectivity index (χ0) is 18.3. The van der Waals surface area contributed by atoms with Crippen LogP contribution in [0.3, 0.4) is 0 Å². The highest BCUT2D eigenvalue weighted by Crippen LogP contribution is 2.37. The summed E-state index contributed by atoms with van der Waals surface area (Å²) >= 11 is 0. The number of hydrogen-bond acceptors (Lipinski definition) is 7. The van der Waals surface area contributed by atoms with Gasteiger partial charge in [0.15, 0.2) is 0 Å². The molecule has 0 aliphatic carbocycles. The van der Waals surface area contributed by atoms with Crippen LogP contribution in [-0.4, -0.2) is 36.7 Å². The molecule has 134 valence electrons. The van der Waals surface area contributed by atoms with E-state index < -0.39 is 35.4 Å². The molecular formula is C17H19NO7. The number of esters is 3. The number of nitrogens with zero attached hydrogens (tertiary/aromatic N) is 1. The van der Waals surface area contributed by atoms with Gasteiger partial charge in [0.05, 0.1) is 31.3 Å². The van der Waals surface area contributed by atoms with Crippen LogP contribution in [-0.2, 0) is 36.8 Å². The summed E-state index contributed by atoms with van der Waals surface area (Å²) < 4.78 is 16.1. The van der Waals surface area contributed by atoms with Gasteiger partial charge in [-0.2, -0.15) is 0 Å². The zero-order valence-electron chi connectivity index (χ0n) is 14.3. The van der Waals surface area contributed by atoms with Crippen LogP contribution < -0.4 is 5.56 Å². The van der Waals surface area contributed by atoms with Gasteiger partial charge in [-0.25, -0.2) is 9.59 Å². The Labute approximate surface area is 143 Å². The zero-order valence-corrected chi connectivity index (χ0v) is 14.3. The fourth-order valence-corrected chi connectivity index (χ4v) is 3.73. The van der Waals surface area contributed by atoms with E-state index in [1.165, 1.54) is 18.8 Å². The van der Waals surface area contributed by atoms with Crippen molar-refractivity contribution in [3.63, 3.8) is 0 Å². The van der Waals surface area contributed by atoms with E-state index in [4.69, 9.17) is 14.2 Å². The number of aromatic nitrogens is 1. The number of ether oxygens (including phenoxy) is 3. The summed E-state index contributed by atoms with van der Waals surface area (Å²) in [4.78, 5) is 49.6. The van der Waals surface area contributed by atoms with Crippen molar-refractivity contribution >= 4 is 17.9 Å². The molecule has 2 aliphatic heterocycles. The van der Waals surface area contributed by atoms with Gasteiger partial charge in [-0.05, 0) is 24.8 Å². The maximum absolute atomic E-state index is 13.0. The van der Waals surface area contributed by atoms with Crippen LogP contribution in [0.15, 0.2) is 4.79 Å². The van der Waals surface area contributed by atoms with E-state index >= 15 is 0 Å². The molecule has 1 aromatic rings. The predicted octanol–water partition coefficient (Wildman–Crippen LogP) is 0.846. The molecule has 0 aromatic carbocycles. The van der Waals surface area contributed by atoms with E-state index in [-0.39, 0.29) is 17.7 Å². The number of pyridine rings is 1. The van der Waals surface area contributed by atoms with Crippen LogP contribution in [0.5, 0.6) is 0 Å². The van der Waals surface area contributed by atoms with Gasteiger partial charge in [0, 0.05) is 5.69 Å². The Morgan fingerprint density at radius 2 is 1.96 bits per heavy atom. The molecule has 0 radical (unpaired) electrons. The Balaban J connectivity index is 2.35. The van der Waals surface area contributed by atoms with Crippen LogP contribution >= 0.6 is 0 Å². The SMILES string of the molecule is CCC1C(=O)OCc2c1c(C(=O)OC)c1n(c2=O)C(C(=O)OC)CC1. The lowest BCUT2D eigenvalue weighted by Crippen LogP contribution is -2.38. The Morgan fingerprint density at radius 1 is 1.24 bits per heavy atom. The molecule has 3 heterocycles. The highest BCUT2D eigenvalue weighted by atomic mass is 16.5. The van der Waals surface area contributed by atoms with Gasteiger partial charge < -0.3 is 14.2 Å². The van der Waals surface area contributed by atoms with Crippen LogP contribution in [0.25, 0.3) is 0 Å². The van der Waals surface area contributed by atoms with E-state index in [0.717, 1.165) is 0 Å². The molecule has 8 nitrogen and oxygen atoms in total. The van der Waals surface area contributed by atoms with Gasteiger partial charge in [0.25, 0.3) is 5.56 Å². The molecule has 2 atom stereocenters. The molecule has 0 N–H and O–H groups in total. The van der Waals surface area contributed by atoms with Crippen molar-refractivity contribution in [2.45, 2.75) is 44.8 Å². The van der Waals surface area contributed by atoms with Crippen LogP contribution in [0.2, 0.25) is 0 Å². The summed E-state index contributed by atoms with van der Waals surface area (Å²) in [6.07, 6.45) is 1.08. The molecule has 3 rings (SSSR count). The topological polar surface area (TPSA) is 101 Å². The lowest BCUT2D eigenvalue weighted by atomic mass is 9.86. The average molecular weight is 349 g/mol. The maximum Gasteiger partial charge on any atom is 0.339 e. The van der Waals surface area contributed by atoms with Crippen molar-refractivity contribution in [2.24, 2.45) is 0 Å². The van der Waals surface area contributed by atoms with Crippen molar-refractivity contribution in [2.75, 3.05) is 14.2 Å². The van der Waals surface area contributed by atoms with E-state index in [1.807, 2.05) is 0 Å². The summed E-state index contributed by atoms with van der Waals surface area (Å²) in [7, 11) is 2.49. The summed E-state index contributed by atoms with van der Waals surface area (Å²) in [5.74, 6) is -2.34. The van der Waals surface area contributed by atoms with Crippen molar-refractivity contribution in [3.8, 4) is 0 Å². The first-order valence-electron chi connectivity index (χ1n) is 8.09. The van der Waals surface area contributed by atoms with Crippen molar-refractivity contribution in [1.29, 1.82) is 0 Å². The number of carbonyl (C=O) groups is 3. The van der Waals surface area contributed by atoms with E-state index in [1.54, 1.807) is 6.92 Å². The highest BCUT2D eigenvalue weighted by Gasteiger charge is 2.41. The van der Waals surface area contributed by atoms with Gasteiger partial charge in [0.1, 0.15) is 12.6 Å². The third-order valence-electron chi connectivity index (χ3n) is 4.88. The van der Waals surface area contributed by atoms with Gasteiger partial charge in [-0.1, -0.05) is 6.92 Å². The molecule has 0 spiro atoms. The van der Waals surface area contributed by atoms with E-state index in [2.05, 4.69) is 0 Å². The second-order valence-electron chi connectivity index (χ2n) is 6.03. The van der Waals surface area contributed by atoms with Gasteiger partial charge in [0.2, 0.25) is 0 Å². The Hall–Kier alpha value is -2.64. The Bertz CT molecular complexity index is 823. The molecule has 0 saturated carbocycles. The smallest absolute Gasteiger partial charge is 0.339 e. The minimum Gasteiger partial charge on any atom is -0.467 e. The van der Waals surface area contributed by atoms with Gasteiger partial charge >= 0.3 is 17.9 Å². The monoisotopic (exact) mass is 349 g/mol. The van der Waals surface area contributed by atoms with Crippen LogP contribution in [0.4, 0.5) is 0 Å². The molecule has 0 amide bonds. The maximum atomic E-state index is 13.0. The first-order chi connectivity index (χ1) is 12.0. The highest BCUT2D eigenvalue weighted by molar-refractivity contribution is 5.96. The number of carbonyl (C=O) groups excluding carboxylic acids is 3. The van der Waals surface area contributed by atoms with Gasteiger partial charge in [-0.15, -0.1) is 0 Å². The molecule has 0 fully saturated rings. The average Bonchev–Trinajstić information content (AvgIpc) is 3.05. The fourth-order valence-electron chi connectivity index (χ4n) is 3.73. The number of fused-ring (bicyclic) bond motifs is 2. The summed E-state index contributed by atoms with van der Waals surface area (Å²) in [6, 6.07) is -0.793. The number of methoxy groups -OCH3 is 2. The largest absolute Gasteiger partial charge is 0.467 e. The molecule has 25 heavy (non-hydrogen) atoms. The normalized spacial score (nSPS) is 21.2. The Kier molecular flexibility index (Phi) is 4.36. The van der Waals surface area contributed by atoms with Crippen LogP contribution in [0, 0.1) is 0 Å². The summed E-state index contributed by atoms with van der Waals surface area (Å²) in [6.45, 7) is 1.56. The molecule has 2 unspecified atom stereocenters. The molecule has 1 aromatic heterocycles. The molecule has 0 bridgehead atoms. The van der Waals surface area contributed by atoms with Gasteiger partial charge in [-0.3, -0.25) is 14.2 Å². The lowest BCUT2D eigenvalue weighted by Gasteiger charge is -2.27. The standard InChI is InChI=1S/C17H19NO7/c1-4-8-12-9(7-25-15(8)20)14(19)18-10(13(12)17(22)24-3)5-6-11(18)16(21)23-2/h8,11H,4-7H2,1-3H3. The summed E-state index contributed by atoms with van der Waals surface area (Å²) in [5, 5.41) is 0. The third-order valence-corrected chi connectivity index (χ3v) is 4.88. The number of cyclic esters (lactones) is 1. The number of hydrogen-bond donors (Lipinski definition) is 0. The third kappa shape index (κ3) is 2.43. The predicted molar refractivity (Wildman–Crippen MR) is 84.2 cm³/mol. The van der Waals surface area contributed by atoms with Crippen molar-refractivity contribution < 1.29 is 28.6 Å². The molecule has 8 heteroatoms. The van der Waals surface area contributed by atoms with E-state index in [0.29, 0.717) is 30.5 Å². The fraction of sp³-hybridized carbons (Fsp3) is 0.529. The number of rotatable bonds is 3. The second-order valence-corrected chi connectivity index (χ2v) is 6.03. The Morgan fingerprint density at radius 3 is 2.56 bits per heavy atom. The summed E-state index contributed by atoms with van der Waals surface area (Å²) in [5.41, 5.74) is 0.807. The van der Waals surface area contributed by atoms with E-state index in [9.17, 15) is 19.2 Å². The lowest BCUT2D eigenvalue weighted by molar-refractivity contribution is -0.149.